The van der Waals surface area contributed by atoms with E-state index in [1.54, 1.807) is 17.4 Å². The number of hydrazine groups is 1. The fraction of sp³-hybridized carbons (Fsp3) is 0.286. The van der Waals surface area contributed by atoms with Crippen molar-refractivity contribution in [2.24, 2.45) is 5.84 Å². The largest absolute Gasteiger partial charge is 0.271 e. The summed E-state index contributed by atoms with van der Waals surface area (Å²) in [5.74, 6) is 3.94. The van der Waals surface area contributed by atoms with Crippen molar-refractivity contribution in [1.82, 2.24) is 5.43 Å². The van der Waals surface area contributed by atoms with Gasteiger partial charge in [-0.1, -0.05) is 13.0 Å². The van der Waals surface area contributed by atoms with Crippen LogP contribution in [0, 0.1) is 11.6 Å². The Morgan fingerprint density at radius 1 is 1.26 bits per heavy atom. The predicted molar refractivity (Wildman–Crippen MR) is 73.8 cm³/mol. The van der Waals surface area contributed by atoms with E-state index in [2.05, 4.69) is 18.4 Å². The lowest BCUT2D eigenvalue weighted by Gasteiger charge is -2.16. The number of hydrogen-bond donors (Lipinski definition) is 2. The highest BCUT2D eigenvalue weighted by Gasteiger charge is 2.16. The maximum absolute atomic E-state index is 13.2. The molecule has 2 rings (SSSR count). The van der Waals surface area contributed by atoms with Crippen molar-refractivity contribution < 1.29 is 8.78 Å². The van der Waals surface area contributed by atoms with Gasteiger partial charge in [0.1, 0.15) is 0 Å². The van der Waals surface area contributed by atoms with E-state index in [0.717, 1.165) is 22.9 Å². The number of hydrogen-bond acceptors (Lipinski definition) is 3. The van der Waals surface area contributed by atoms with Crippen molar-refractivity contribution in [1.29, 1.82) is 0 Å². The molecule has 0 spiro atoms. The summed E-state index contributed by atoms with van der Waals surface area (Å²) in [7, 11) is 0. The third-order valence-electron chi connectivity index (χ3n) is 3.10. The van der Waals surface area contributed by atoms with Crippen LogP contribution in [0.4, 0.5) is 8.78 Å². The maximum Gasteiger partial charge on any atom is 0.159 e. The third-order valence-corrected chi connectivity index (χ3v) is 4.18. The van der Waals surface area contributed by atoms with Gasteiger partial charge in [0.05, 0.1) is 6.04 Å². The smallest absolute Gasteiger partial charge is 0.159 e. The van der Waals surface area contributed by atoms with Gasteiger partial charge in [-0.3, -0.25) is 11.3 Å². The molecule has 1 atom stereocenters. The topological polar surface area (TPSA) is 38.0 Å². The van der Waals surface area contributed by atoms with E-state index in [-0.39, 0.29) is 6.04 Å². The highest BCUT2D eigenvalue weighted by atomic mass is 32.1. The van der Waals surface area contributed by atoms with Crippen LogP contribution in [0.15, 0.2) is 29.6 Å². The Hall–Kier alpha value is -1.30. The molecule has 0 aliphatic heterocycles. The first kappa shape index (κ1) is 14.1. The van der Waals surface area contributed by atoms with E-state index < -0.39 is 11.6 Å². The molecule has 0 amide bonds. The SMILES string of the molecule is CCc1ccsc1C(Cc1ccc(F)c(F)c1)NN. The predicted octanol–water partition coefficient (Wildman–Crippen LogP) is 3.34. The van der Waals surface area contributed by atoms with E-state index in [1.807, 2.05) is 5.38 Å². The Labute approximate surface area is 115 Å². The van der Waals surface area contributed by atoms with Crippen LogP contribution in [0.2, 0.25) is 0 Å². The molecule has 102 valence electrons. The van der Waals surface area contributed by atoms with Crippen LogP contribution >= 0.6 is 11.3 Å². The highest BCUT2D eigenvalue weighted by Crippen LogP contribution is 2.27. The highest BCUT2D eigenvalue weighted by molar-refractivity contribution is 7.10. The lowest BCUT2D eigenvalue weighted by atomic mass is 10.0. The zero-order chi connectivity index (χ0) is 13.8. The van der Waals surface area contributed by atoms with E-state index in [9.17, 15) is 8.78 Å². The van der Waals surface area contributed by atoms with Crippen molar-refractivity contribution >= 4 is 11.3 Å². The summed E-state index contributed by atoms with van der Waals surface area (Å²) < 4.78 is 26.1. The molecule has 1 unspecified atom stereocenters. The Balaban J connectivity index is 2.21. The quantitative estimate of drug-likeness (QED) is 0.652. The molecule has 19 heavy (non-hydrogen) atoms. The van der Waals surface area contributed by atoms with Crippen LogP contribution in [-0.4, -0.2) is 0 Å². The fourth-order valence-electron chi connectivity index (χ4n) is 2.07. The van der Waals surface area contributed by atoms with Crippen molar-refractivity contribution in [2.45, 2.75) is 25.8 Å². The van der Waals surface area contributed by atoms with Crippen LogP contribution in [0.1, 0.15) is 29.0 Å². The first-order chi connectivity index (χ1) is 9.15. The lowest BCUT2D eigenvalue weighted by molar-refractivity contribution is 0.503. The molecule has 1 aromatic heterocycles. The molecule has 1 heterocycles. The second kappa shape index (κ2) is 6.23. The van der Waals surface area contributed by atoms with Crippen molar-refractivity contribution in [3.8, 4) is 0 Å². The zero-order valence-electron chi connectivity index (χ0n) is 10.6. The number of nitrogens with two attached hydrogens (primary N) is 1. The van der Waals surface area contributed by atoms with Gasteiger partial charge in [-0.2, -0.15) is 0 Å². The van der Waals surface area contributed by atoms with Crippen molar-refractivity contribution in [2.75, 3.05) is 0 Å². The van der Waals surface area contributed by atoms with Crippen molar-refractivity contribution in [3.63, 3.8) is 0 Å². The Morgan fingerprint density at radius 3 is 2.68 bits per heavy atom. The molecule has 0 aliphatic carbocycles. The molecule has 0 saturated heterocycles. The van der Waals surface area contributed by atoms with Crippen LogP contribution in [-0.2, 0) is 12.8 Å². The molecular formula is C14H16F2N2S. The van der Waals surface area contributed by atoms with Gasteiger partial charge in [0.2, 0.25) is 0 Å². The van der Waals surface area contributed by atoms with Gasteiger partial charge < -0.3 is 0 Å². The average Bonchev–Trinajstić information content (AvgIpc) is 2.88. The van der Waals surface area contributed by atoms with E-state index >= 15 is 0 Å². The number of aryl methyl sites for hydroxylation is 1. The van der Waals surface area contributed by atoms with Crippen LogP contribution < -0.4 is 11.3 Å². The summed E-state index contributed by atoms with van der Waals surface area (Å²) in [5, 5.41) is 2.02. The van der Waals surface area contributed by atoms with Crippen LogP contribution in [0.5, 0.6) is 0 Å². The first-order valence-electron chi connectivity index (χ1n) is 6.12. The molecule has 0 bridgehead atoms. The number of thiophene rings is 1. The first-order valence-corrected chi connectivity index (χ1v) is 7.00. The standard InChI is InChI=1S/C14H16F2N2S/c1-2-10-5-6-19-14(10)13(18-17)8-9-3-4-11(15)12(16)7-9/h3-7,13,18H,2,8,17H2,1H3. The summed E-state index contributed by atoms with van der Waals surface area (Å²) in [6.07, 6.45) is 1.45. The normalized spacial score (nSPS) is 12.6. The minimum absolute atomic E-state index is 0.0835. The lowest BCUT2D eigenvalue weighted by Crippen LogP contribution is -2.29. The molecule has 0 radical (unpaired) electrons. The van der Waals surface area contributed by atoms with Gasteiger partial charge in [-0.15, -0.1) is 11.3 Å². The summed E-state index contributed by atoms with van der Waals surface area (Å²) >= 11 is 1.62. The Bertz CT molecular complexity index is 554. The molecule has 5 heteroatoms. The minimum atomic E-state index is -0.827. The molecular weight excluding hydrogens is 266 g/mol. The molecule has 0 aliphatic rings. The number of nitrogens with one attached hydrogen (secondary N) is 1. The molecule has 2 aromatic rings. The zero-order valence-corrected chi connectivity index (χ0v) is 11.4. The third kappa shape index (κ3) is 3.18. The van der Waals surface area contributed by atoms with Gasteiger partial charge in [-0.25, -0.2) is 8.78 Å². The second-order valence-electron chi connectivity index (χ2n) is 4.34. The van der Waals surface area contributed by atoms with E-state index in [1.165, 1.54) is 11.6 Å². The molecule has 1 aromatic carbocycles. The van der Waals surface area contributed by atoms with E-state index in [0.29, 0.717) is 6.42 Å². The average molecular weight is 282 g/mol. The number of benzene rings is 1. The Morgan fingerprint density at radius 2 is 2.05 bits per heavy atom. The number of rotatable bonds is 5. The van der Waals surface area contributed by atoms with Gasteiger partial charge >= 0.3 is 0 Å². The van der Waals surface area contributed by atoms with Gasteiger partial charge in [-0.05, 0) is 47.5 Å². The van der Waals surface area contributed by atoms with Gasteiger partial charge in [0.25, 0.3) is 0 Å². The van der Waals surface area contributed by atoms with Crippen LogP contribution in [0.3, 0.4) is 0 Å². The second-order valence-corrected chi connectivity index (χ2v) is 5.28. The fourth-order valence-corrected chi connectivity index (χ4v) is 3.13. The van der Waals surface area contributed by atoms with Gasteiger partial charge in [0, 0.05) is 4.88 Å². The Kier molecular flexibility index (Phi) is 4.63. The van der Waals surface area contributed by atoms with Gasteiger partial charge in [0.15, 0.2) is 11.6 Å². The maximum atomic E-state index is 13.2. The number of halogens is 2. The summed E-state index contributed by atoms with van der Waals surface area (Å²) in [6.45, 7) is 2.08. The van der Waals surface area contributed by atoms with Crippen LogP contribution in [0.25, 0.3) is 0 Å². The molecule has 0 fully saturated rings. The molecule has 3 N–H and O–H groups in total. The monoisotopic (exact) mass is 282 g/mol. The molecule has 0 saturated carbocycles. The summed E-state index contributed by atoms with van der Waals surface area (Å²) in [5.41, 5.74) is 4.71. The summed E-state index contributed by atoms with van der Waals surface area (Å²) in [4.78, 5) is 1.15. The van der Waals surface area contributed by atoms with E-state index in [4.69, 9.17) is 5.84 Å². The minimum Gasteiger partial charge on any atom is -0.271 e. The summed E-state index contributed by atoms with van der Waals surface area (Å²) in [6, 6.07) is 5.93. The molecule has 2 nitrogen and oxygen atoms in total. The van der Waals surface area contributed by atoms with Crippen molar-refractivity contribution in [3.05, 3.63) is 57.3 Å².